The summed E-state index contributed by atoms with van der Waals surface area (Å²) in [5.41, 5.74) is 2.27. The van der Waals surface area contributed by atoms with Crippen molar-refractivity contribution >= 4 is 17.3 Å². The van der Waals surface area contributed by atoms with Crippen LogP contribution in [0.2, 0.25) is 0 Å². The molecule has 0 saturated heterocycles. The van der Waals surface area contributed by atoms with Crippen molar-refractivity contribution in [2.75, 3.05) is 29.9 Å². The van der Waals surface area contributed by atoms with Gasteiger partial charge in [0, 0.05) is 20.1 Å². The molecule has 25 heavy (non-hydrogen) atoms. The summed E-state index contributed by atoms with van der Waals surface area (Å²) >= 11 is 0. The first-order valence-corrected chi connectivity index (χ1v) is 8.49. The van der Waals surface area contributed by atoms with Crippen LogP contribution in [0.25, 0.3) is 0 Å². The van der Waals surface area contributed by atoms with E-state index >= 15 is 0 Å². The summed E-state index contributed by atoms with van der Waals surface area (Å²) in [6.45, 7) is 3.55. The number of anilines is 2. The summed E-state index contributed by atoms with van der Waals surface area (Å²) in [4.78, 5) is 16.8. The van der Waals surface area contributed by atoms with Gasteiger partial charge in [0.2, 0.25) is 5.91 Å². The highest BCUT2D eigenvalue weighted by Crippen LogP contribution is 2.33. The first-order chi connectivity index (χ1) is 12.0. The number of carbonyl (C=O) groups is 1. The second-order valence-electron chi connectivity index (χ2n) is 6.75. The predicted octanol–water partition coefficient (Wildman–Crippen LogP) is 3.37. The summed E-state index contributed by atoms with van der Waals surface area (Å²) < 4.78 is 13.4. The van der Waals surface area contributed by atoms with E-state index in [-0.39, 0.29) is 12.3 Å². The zero-order chi connectivity index (χ0) is 18.0. The highest BCUT2D eigenvalue weighted by Gasteiger charge is 2.28. The summed E-state index contributed by atoms with van der Waals surface area (Å²) in [5, 5.41) is 10.4. The lowest BCUT2D eigenvalue weighted by Gasteiger charge is -2.25. The van der Waals surface area contributed by atoms with Crippen LogP contribution in [0.4, 0.5) is 15.8 Å². The molecule has 3 rings (SSSR count). The molecule has 0 spiro atoms. The lowest BCUT2D eigenvalue weighted by atomic mass is 10.0. The lowest BCUT2D eigenvalue weighted by Crippen LogP contribution is -2.35. The Kier molecular flexibility index (Phi) is 5.04. The number of fused-ring (bicyclic) bond motifs is 1. The first-order valence-electron chi connectivity index (χ1n) is 8.49. The monoisotopic (exact) mass is 342 g/mol. The Balaban J connectivity index is 1.84. The maximum Gasteiger partial charge on any atom is 0.230 e. The van der Waals surface area contributed by atoms with Gasteiger partial charge < -0.3 is 14.9 Å². The van der Waals surface area contributed by atoms with Crippen LogP contribution < -0.4 is 9.80 Å². The van der Waals surface area contributed by atoms with E-state index in [9.17, 15) is 14.3 Å². The molecular formula is C20H23FN2O2. The Morgan fingerprint density at radius 1 is 1.20 bits per heavy atom. The number of rotatable bonds is 3. The quantitative estimate of drug-likeness (QED) is 0.930. The van der Waals surface area contributed by atoms with Crippen LogP contribution in [-0.2, 0) is 4.79 Å². The number of para-hydroxylation sites is 2. The Morgan fingerprint density at radius 2 is 1.92 bits per heavy atom. The molecule has 1 amide bonds. The third-order valence-corrected chi connectivity index (χ3v) is 4.57. The Hall–Kier alpha value is -2.40. The fourth-order valence-corrected chi connectivity index (χ4v) is 3.39. The minimum atomic E-state index is -1.02. The molecule has 0 radical (unpaired) electrons. The van der Waals surface area contributed by atoms with Crippen molar-refractivity contribution in [2.24, 2.45) is 5.92 Å². The molecule has 0 aromatic heterocycles. The summed E-state index contributed by atoms with van der Waals surface area (Å²) in [6.07, 6.45) is -1.10. The number of benzene rings is 2. The highest BCUT2D eigenvalue weighted by molar-refractivity contribution is 5.97. The van der Waals surface area contributed by atoms with Gasteiger partial charge in [0.25, 0.3) is 0 Å². The summed E-state index contributed by atoms with van der Waals surface area (Å²) in [5.74, 6) is -0.279. The topological polar surface area (TPSA) is 43.8 Å². The third-order valence-electron chi connectivity index (χ3n) is 4.57. The molecule has 2 unspecified atom stereocenters. The number of aliphatic hydroxyl groups is 1. The smallest absolute Gasteiger partial charge is 0.230 e. The van der Waals surface area contributed by atoms with Gasteiger partial charge >= 0.3 is 0 Å². The number of aliphatic hydroxyl groups excluding tert-OH is 1. The van der Waals surface area contributed by atoms with Crippen molar-refractivity contribution in [1.29, 1.82) is 0 Å². The molecule has 2 atom stereocenters. The summed E-state index contributed by atoms with van der Waals surface area (Å²) in [7, 11) is 2.02. The molecule has 1 aliphatic rings. The SMILES string of the molecule is CC1CN(C)c2ccccc2N(C(=O)CC(O)c2cccc(F)c2)C1. The zero-order valence-corrected chi connectivity index (χ0v) is 14.5. The molecular weight excluding hydrogens is 319 g/mol. The molecule has 2 aromatic carbocycles. The molecule has 132 valence electrons. The largest absolute Gasteiger partial charge is 0.388 e. The Bertz CT molecular complexity index is 765. The summed E-state index contributed by atoms with van der Waals surface area (Å²) in [6, 6.07) is 13.5. The van der Waals surface area contributed by atoms with Crippen LogP contribution in [0.15, 0.2) is 48.5 Å². The van der Waals surface area contributed by atoms with E-state index in [0.29, 0.717) is 18.0 Å². The first kappa shape index (κ1) is 17.4. The molecule has 4 nitrogen and oxygen atoms in total. The number of halogens is 1. The van der Waals surface area contributed by atoms with Crippen molar-refractivity contribution in [1.82, 2.24) is 0 Å². The molecule has 1 aliphatic heterocycles. The van der Waals surface area contributed by atoms with Gasteiger partial charge in [-0.05, 0) is 35.7 Å². The van der Waals surface area contributed by atoms with Crippen molar-refractivity contribution in [2.45, 2.75) is 19.4 Å². The Labute approximate surface area is 147 Å². The van der Waals surface area contributed by atoms with Crippen molar-refractivity contribution < 1.29 is 14.3 Å². The fraction of sp³-hybridized carbons (Fsp3) is 0.350. The molecule has 5 heteroatoms. The second kappa shape index (κ2) is 7.23. The van der Waals surface area contributed by atoms with Crippen LogP contribution in [0.5, 0.6) is 0 Å². The second-order valence-corrected chi connectivity index (χ2v) is 6.75. The van der Waals surface area contributed by atoms with Crippen molar-refractivity contribution in [3.63, 3.8) is 0 Å². The van der Waals surface area contributed by atoms with Crippen LogP contribution in [0.1, 0.15) is 25.0 Å². The van der Waals surface area contributed by atoms with E-state index in [0.717, 1.165) is 17.9 Å². The zero-order valence-electron chi connectivity index (χ0n) is 14.5. The third kappa shape index (κ3) is 3.82. The van der Waals surface area contributed by atoms with Crippen LogP contribution >= 0.6 is 0 Å². The highest BCUT2D eigenvalue weighted by atomic mass is 19.1. The van der Waals surface area contributed by atoms with E-state index < -0.39 is 11.9 Å². The molecule has 0 fully saturated rings. The number of nitrogens with zero attached hydrogens (tertiary/aromatic N) is 2. The molecule has 1 heterocycles. The molecule has 0 saturated carbocycles. The molecule has 1 N–H and O–H groups in total. The van der Waals surface area contributed by atoms with Crippen molar-refractivity contribution in [3.8, 4) is 0 Å². The van der Waals surface area contributed by atoms with Gasteiger partial charge in [-0.3, -0.25) is 4.79 Å². The van der Waals surface area contributed by atoms with Gasteiger partial charge in [0.05, 0.1) is 23.9 Å². The van der Waals surface area contributed by atoms with Crippen LogP contribution in [0, 0.1) is 11.7 Å². The molecule has 0 aliphatic carbocycles. The Morgan fingerprint density at radius 3 is 2.64 bits per heavy atom. The van der Waals surface area contributed by atoms with Gasteiger partial charge in [-0.15, -0.1) is 0 Å². The normalized spacial score (nSPS) is 18.5. The standard InChI is InChI=1S/C20H23FN2O2/c1-14-12-22(2)17-8-3-4-9-18(17)23(13-14)20(25)11-19(24)15-6-5-7-16(21)10-15/h3-10,14,19,24H,11-13H2,1-2H3. The van der Waals surface area contributed by atoms with Gasteiger partial charge in [-0.25, -0.2) is 4.39 Å². The van der Waals surface area contributed by atoms with Gasteiger partial charge in [-0.2, -0.15) is 0 Å². The van der Waals surface area contributed by atoms with E-state index in [2.05, 4.69) is 11.8 Å². The van der Waals surface area contributed by atoms with Gasteiger partial charge in [0.1, 0.15) is 5.82 Å². The molecule has 0 bridgehead atoms. The minimum absolute atomic E-state index is 0.0752. The van der Waals surface area contributed by atoms with E-state index in [1.54, 1.807) is 11.0 Å². The number of hydrogen-bond donors (Lipinski definition) is 1. The number of amides is 1. The van der Waals surface area contributed by atoms with Gasteiger partial charge in [0.15, 0.2) is 0 Å². The van der Waals surface area contributed by atoms with E-state index in [1.165, 1.54) is 18.2 Å². The van der Waals surface area contributed by atoms with Gasteiger partial charge in [-0.1, -0.05) is 31.2 Å². The number of hydrogen-bond acceptors (Lipinski definition) is 3. The predicted molar refractivity (Wildman–Crippen MR) is 97.2 cm³/mol. The van der Waals surface area contributed by atoms with Crippen LogP contribution in [-0.4, -0.2) is 31.2 Å². The maximum absolute atomic E-state index is 13.4. The average Bonchev–Trinajstić information content (AvgIpc) is 2.71. The maximum atomic E-state index is 13.4. The van der Waals surface area contributed by atoms with Crippen LogP contribution in [0.3, 0.4) is 0 Å². The average molecular weight is 342 g/mol. The van der Waals surface area contributed by atoms with Crippen molar-refractivity contribution in [3.05, 3.63) is 59.9 Å². The minimum Gasteiger partial charge on any atom is -0.388 e. The fourth-order valence-electron chi connectivity index (χ4n) is 3.39. The lowest BCUT2D eigenvalue weighted by molar-refractivity contribution is -0.120. The van der Waals surface area contributed by atoms with E-state index in [1.807, 2.05) is 31.3 Å². The number of carbonyl (C=O) groups excluding carboxylic acids is 1. The van der Waals surface area contributed by atoms with E-state index in [4.69, 9.17) is 0 Å². The molecule has 2 aromatic rings.